The number of para-hydroxylation sites is 2. The minimum atomic E-state index is -1.14. The van der Waals surface area contributed by atoms with Gasteiger partial charge in [-0.05, 0) is 40.8 Å². The van der Waals surface area contributed by atoms with E-state index in [0.717, 1.165) is 40.0 Å². The Labute approximate surface area is 329 Å². The van der Waals surface area contributed by atoms with Crippen LogP contribution in [-0.2, 0) is 19.9 Å². The number of nitrogens with two attached hydrogens (primary N) is 1. The number of hydrogen-bond donors (Lipinski definition) is 4. The van der Waals surface area contributed by atoms with E-state index in [1.165, 1.54) is 0 Å². The molecule has 0 aliphatic carbocycles. The van der Waals surface area contributed by atoms with Crippen LogP contribution in [0, 0.1) is 5.41 Å². The van der Waals surface area contributed by atoms with Crippen molar-refractivity contribution in [3.05, 3.63) is 131 Å². The molecule has 5 N–H and O–H groups in total. The first kappa shape index (κ1) is 39.4. The fourth-order valence-electron chi connectivity index (χ4n) is 5.66. The zero-order chi connectivity index (χ0) is 33.6. The molecule has 1 atom stereocenters. The zero-order valence-corrected chi connectivity index (χ0v) is 26.0. The van der Waals surface area contributed by atoms with Crippen molar-refractivity contribution in [1.82, 2.24) is 16.0 Å². The van der Waals surface area contributed by atoms with E-state index in [1.54, 1.807) is 4.90 Å². The molecule has 2 fully saturated rings. The van der Waals surface area contributed by atoms with Gasteiger partial charge in [-0.1, -0.05) is 123 Å². The number of primary amides is 1. The monoisotopic (exact) mass is 677 g/mol. The van der Waals surface area contributed by atoms with Crippen molar-refractivity contribution >= 4 is 112 Å². The Balaban J connectivity index is 0.000000204. The topological polar surface area (TPSA) is 151 Å². The Hall–Kier alpha value is -4.03. The Kier molecular flexibility index (Phi) is 13.7. The summed E-state index contributed by atoms with van der Waals surface area (Å²) < 4.78 is 0. The Bertz CT molecular complexity index is 1780. The molecule has 0 aromatic heterocycles. The molecule has 49 heavy (non-hydrogen) atoms. The summed E-state index contributed by atoms with van der Waals surface area (Å²) in [5.41, 5.74) is 9.01. The number of carbonyl (C=O) groups excluding carboxylic acids is 5. The molecule has 7 rings (SSSR count). The van der Waals surface area contributed by atoms with Crippen molar-refractivity contribution in [2.45, 2.75) is 32.2 Å². The van der Waals surface area contributed by atoms with E-state index in [9.17, 15) is 24.0 Å². The number of benzene rings is 4. The van der Waals surface area contributed by atoms with Crippen LogP contribution in [0.1, 0.15) is 48.9 Å². The summed E-state index contributed by atoms with van der Waals surface area (Å²) in [4.78, 5) is 58.9. The molecule has 7 amide bonds. The number of rotatable bonds is 3. The third-order valence-corrected chi connectivity index (χ3v) is 8.43. The van der Waals surface area contributed by atoms with Crippen LogP contribution in [0.15, 0.2) is 109 Å². The van der Waals surface area contributed by atoms with Crippen LogP contribution in [-0.4, -0.2) is 88.9 Å². The molecule has 4 aromatic carbocycles. The fraction of sp³-hybridized carbons (Fsp3) is 0.162. The molecule has 0 saturated carbocycles. The molecule has 10 nitrogen and oxygen atoms in total. The number of nitrogens with zero attached hydrogens (tertiary/aromatic N) is 1. The third kappa shape index (κ3) is 8.41. The molecule has 242 valence electrons. The molecule has 1 unspecified atom stereocenters. The van der Waals surface area contributed by atoms with E-state index in [0.29, 0.717) is 6.42 Å². The number of nitrogens with one attached hydrogen (secondary N) is 3. The van der Waals surface area contributed by atoms with Gasteiger partial charge in [0.2, 0.25) is 11.8 Å². The Morgan fingerprint density at radius 2 is 1.14 bits per heavy atom. The number of hydrogen-bond acceptors (Lipinski definition) is 5. The van der Waals surface area contributed by atoms with Gasteiger partial charge in [0.25, 0.3) is 5.91 Å². The van der Waals surface area contributed by atoms with Crippen molar-refractivity contribution in [3.8, 4) is 0 Å². The van der Waals surface area contributed by atoms with Gasteiger partial charge in [0, 0.05) is 6.42 Å². The predicted octanol–water partition coefficient (Wildman–Crippen LogP) is 4.31. The van der Waals surface area contributed by atoms with Crippen LogP contribution in [0.4, 0.5) is 21.0 Å². The van der Waals surface area contributed by atoms with Gasteiger partial charge in [-0.3, -0.25) is 29.9 Å². The molecule has 0 spiro atoms. The van der Waals surface area contributed by atoms with E-state index < -0.39 is 23.0 Å². The van der Waals surface area contributed by atoms with Gasteiger partial charge in [-0.2, -0.15) is 0 Å². The van der Waals surface area contributed by atoms with Crippen molar-refractivity contribution in [2.24, 2.45) is 11.1 Å². The standard InChI is InChI=1S/C15H12N2O2.C15H12N2O.C7H11NO2.2Na.2H/c18-13-15(17-14(19)16-13,11-7-3-1-4-8-11)12-9-5-2-6-10-12;16-15(18)17-13-7-3-1-5-11(13)9-10-12-6-2-4-8-14(12)17;1-3-7(2)4-5(9)8-6(7)10;;;;/h1-10H,(H2,16,17,18,19);1-10H,(H2,16,18);3-4H2,1-2H3,(H,8,9,10);;;;. The summed E-state index contributed by atoms with van der Waals surface area (Å²) in [5, 5.41) is 7.35. The molecule has 12 heteroatoms. The molecule has 3 aliphatic rings. The van der Waals surface area contributed by atoms with Crippen LogP contribution >= 0.6 is 0 Å². The van der Waals surface area contributed by atoms with E-state index in [2.05, 4.69) is 16.0 Å². The van der Waals surface area contributed by atoms with E-state index in [4.69, 9.17) is 5.73 Å². The maximum atomic E-state index is 12.3. The van der Waals surface area contributed by atoms with Gasteiger partial charge in [0.1, 0.15) is 0 Å². The molecule has 4 aromatic rings. The van der Waals surface area contributed by atoms with Crippen molar-refractivity contribution in [1.29, 1.82) is 0 Å². The summed E-state index contributed by atoms with van der Waals surface area (Å²) in [6.45, 7) is 3.73. The fourth-order valence-corrected chi connectivity index (χ4v) is 5.66. The van der Waals surface area contributed by atoms with Gasteiger partial charge in [0.05, 0.1) is 16.8 Å². The normalized spacial score (nSPS) is 17.8. The van der Waals surface area contributed by atoms with Crippen molar-refractivity contribution in [2.75, 3.05) is 4.90 Å². The summed E-state index contributed by atoms with van der Waals surface area (Å²) in [5.74, 6) is -0.621. The van der Waals surface area contributed by atoms with Crippen molar-refractivity contribution < 1.29 is 24.0 Å². The van der Waals surface area contributed by atoms with Gasteiger partial charge < -0.3 is 11.1 Å². The quantitative estimate of drug-likeness (QED) is 0.145. The molecular weight excluding hydrogens is 640 g/mol. The molecule has 3 aliphatic heterocycles. The second-order valence-electron chi connectivity index (χ2n) is 11.5. The third-order valence-electron chi connectivity index (χ3n) is 8.43. The molecule has 0 bridgehead atoms. The number of amides is 7. The van der Waals surface area contributed by atoms with Crippen LogP contribution in [0.3, 0.4) is 0 Å². The average Bonchev–Trinajstić information content (AvgIpc) is 3.46. The van der Waals surface area contributed by atoms with Gasteiger partial charge in [-0.25, -0.2) is 9.59 Å². The summed E-state index contributed by atoms with van der Waals surface area (Å²) in [6.07, 6.45) is 5.07. The number of fused-ring (bicyclic) bond motifs is 2. The van der Waals surface area contributed by atoms with Crippen LogP contribution < -0.4 is 26.6 Å². The summed E-state index contributed by atoms with van der Waals surface area (Å²) in [6, 6.07) is 32.9. The van der Waals surface area contributed by atoms with E-state index >= 15 is 0 Å². The molecule has 0 radical (unpaired) electrons. The number of anilines is 2. The first-order chi connectivity index (χ1) is 22.6. The first-order valence-corrected chi connectivity index (χ1v) is 15.1. The van der Waals surface area contributed by atoms with Crippen LogP contribution in [0.5, 0.6) is 0 Å². The molecule has 3 heterocycles. The minimum absolute atomic E-state index is 0. The Morgan fingerprint density at radius 3 is 1.49 bits per heavy atom. The van der Waals surface area contributed by atoms with E-state index in [-0.39, 0.29) is 76.8 Å². The van der Waals surface area contributed by atoms with Gasteiger partial charge in [-0.15, -0.1) is 0 Å². The van der Waals surface area contributed by atoms with Crippen LogP contribution in [0.2, 0.25) is 0 Å². The summed E-state index contributed by atoms with van der Waals surface area (Å²) >= 11 is 0. The first-order valence-electron chi connectivity index (χ1n) is 15.1. The van der Waals surface area contributed by atoms with E-state index in [1.807, 2.05) is 135 Å². The second-order valence-corrected chi connectivity index (χ2v) is 11.5. The molecule has 2 saturated heterocycles. The number of urea groups is 2. The zero-order valence-electron chi connectivity index (χ0n) is 26.0. The number of carbonyl (C=O) groups is 5. The van der Waals surface area contributed by atoms with Gasteiger partial charge >= 0.3 is 71.2 Å². The average molecular weight is 678 g/mol. The molecular formula is C37H37N5Na2O5. The SMILES string of the molecule is CCC1(C)CC(=O)NC1=O.NC(=O)N1c2ccccc2C=Cc2ccccc21.O=C1NC(=O)C(c2ccccc2)(c2ccccc2)N1.[NaH].[NaH]. The van der Waals surface area contributed by atoms with Crippen molar-refractivity contribution in [3.63, 3.8) is 0 Å². The second kappa shape index (κ2) is 17.1. The maximum absolute atomic E-state index is 12.3. The predicted molar refractivity (Wildman–Crippen MR) is 194 cm³/mol. The van der Waals surface area contributed by atoms with Crippen LogP contribution in [0.25, 0.3) is 12.2 Å². The summed E-state index contributed by atoms with van der Waals surface area (Å²) in [7, 11) is 0. The van der Waals surface area contributed by atoms with Gasteiger partial charge in [0.15, 0.2) is 5.54 Å². The Morgan fingerprint density at radius 1 is 0.694 bits per heavy atom. The number of imide groups is 2.